The number of halogens is 2. The normalized spacial score (nSPS) is 12.8. The quantitative estimate of drug-likeness (QED) is 0.827. The molecule has 0 aromatic heterocycles. The third kappa shape index (κ3) is 3.66. The predicted molar refractivity (Wildman–Crippen MR) is 64.8 cm³/mol. The van der Waals surface area contributed by atoms with Crippen LogP contribution in [0.25, 0.3) is 0 Å². The molecule has 1 rings (SSSR count). The van der Waals surface area contributed by atoms with Gasteiger partial charge < -0.3 is 10.1 Å². The number of nitrogens with one attached hydrogen (secondary N) is 1. The van der Waals surface area contributed by atoms with E-state index in [0.29, 0.717) is 12.1 Å². The molecule has 0 fully saturated rings. The van der Waals surface area contributed by atoms with Gasteiger partial charge in [-0.3, -0.25) is 0 Å². The molecule has 0 aliphatic rings. The van der Waals surface area contributed by atoms with Crippen molar-refractivity contribution in [3.05, 3.63) is 29.3 Å². The van der Waals surface area contributed by atoms with E-state index in [1.165, 1.54) is 0 Å². The van der Waals surface area contributed by atoms with Gasteiger partial charge in [-0.05, 0) is 37.1 Å². The van der Waals surface area contributed by atoms with Crippen LogP contribution in [0.1, 0.15) is 30.5 Å². The summed E-state index contributed by atoms with van der Waals surface area (Å²) in [6.45, 7) is 4.39. The molecule has 0 bridgehead atoms. The van der Waals surface area contributed by atoms with Crippen molar-refractivity contribution in [2.45, 2.75) is 32.7 Å². The molecule has 0 spiro atoms. The number of methoxy groups -OCH3 is 1. The van der Waals surface area contributed by atoms with Crippen LogP contribution in [0.3, 0.4) is 0 Å². The van der Waals surface area contributed by atoms with Gasteiger partial charge in [0.2, 0.25) is 0 Å². The second-order valence-corrected chi connectivity index (χ2v) is 4.00. The van der Waals surface area contributed by atoms with Crippen molar-refractivity contribution in [3.63, 3.8) is 0 Å². The number of benzene rings is 1. The molecule has 17 heavy (non-hydrogen) atoms. The van der Waals surface area contributed by atoms with Gasteiger partial charge in [-0.25, -0.2) is 8.78 Å². The van der Waals surface area contributed by atoms with Gasteiger partial charge in [-0.15, -0.1) is 0 Å². The number of alkyl halides is 2. The molecule has 0 saturated heterocycles. The summed E-state index contributed by atoms with van der Waals surface area (Å²) < 4.78 is 31.0. The molecule has 0 radical (unpaired) electrons. The maximum absolute atomic E-state index is 12.9. The van der Waals surface area contributed by atoms with Crippen molar-refractivity contribution < 1.29 is 13.5 Å². The molecule has 2 nitrogen and oxygen atoms in total. The molecule has 1 aromatic rings. The van der Waals surface area contributed by atoms with E-state index in [2.05, 4.69) is 5.32 Å². The van der Waals surface area contributed by atoms with Crippen molar-refractivity contribution in [2.75, 3.05) is 13.7 Å². The van der Waals surface area contributed by atoms with Gasteiger partial charge in [0.15, 0.2) is 0 Å². The monoisotopic (exact) mass is 243 g/mol. The lowest BCUT2D eigenvalue weighted by Crippen LogP contribution is -2.28. The maximum Gasteiger partial charge on any atom is 0.257 e. The molecule has 4 heteroatoms. The molecule has 1 aromatic carbocycles. The molecule has 96 valence electrons. The van der Waals surface area contributed by atoms with Crippen molar-refractivity contribution in [1.29, 1.82) is 0 Å². The Morgan fingerprint density at radius 2 is 2.06 bits per heavy atom. The van der Waals surface area contributed by atoms with Gasteiger partial charge in [-0.1, -0.05) is 19.1 Å². The lowest BCUT2D eigenvalue weighted by atomic mass is 10.0. The second kappa shape index (κ2) is 6.55. The van der Waals surface area contributed by atoms with E-state index in [4.69, 9.17) is 4.74 Å². The molecule has 0 heterocycles. The Morgan fingerprint density at radius 3 is 2.53 bits per heavy atom. The summed E-state index contributed by atoms with van der Waals surface area (Å²) in [6.07, 6.45) is -1.58. The van der Waals surface area contributed by atoms with Crippen LogP contribution in [0.2, 0.25) is 0 Å². The smallest absolute Gasteiger partial charge is 0.257 e. The number of hydrogen-bond donors (Lipinski definition) is 1. The first kappa shape index (κ1) is 13.9. The summed E-state index contributed by atoms with van der Waals surface area (Å²) in [7, 11) is 1.57. The Balaban J connectivity index is 2.90. The molecule has 0 aliphatic heterocycles. The standard InChI is InChI=1S/C13H19F2NO/c1-4-7-16-12(13(14)15)10-5-6-11(17-3)9(2)8-10/h5-6,8,12-13,16H,4,7H2,1-3H3. The Hall–Kier alpha value is -1.16. The van der Waals surface area contributed by atoms with Gasteiger partial charge >= 0.3 is 0 Å². The first-order valence-electron chi connectivity index (χ1n) is 5.76. The highest BCUT2D eigenvalue weighted by Gasteiger charge is 2.21. The summed E-state index contributed by atoms with van der Waals surface area (Å²) in [6, 6.07) is 4.26. The SMILES string of the molecule is CCCNC(c1ccc(OC)c(C)c1)C(F)F. The van der Waals surface area contributed by atoms with Crippen LogP contribution >= 0.6 is 0 Å². The molecule has 1 unspecified atom stereocenters. The van der Waals surface area contributed by atoms with E-state index < -0.39 is 12.5 Å². The topological polar surface area (TPSA) is 21.3 Å². The van der Waals surface area contributed by atoms with Gasteiger partial charge in [-0.2, -0.15) is 0 Å². The highest BCUT2D eigenvalue weighted by molar-refractivity contribution is 5.37. The maximum atomic E-state index is 12.9. The average Bonchev–Trinajstić information content (AvgIpc) is 2.29. The molecular formula is C13H19F2NO. The lowest BCUT2D eigenvalue weighted by Gasteiger charge is -2.19. The summed E-state index contributed by atoms with van der Waals surface area (Å²) in [4.78, 5) is 0. The van der Waals surface area contributed by atoms with Crippen molar-refractivity contribution in [3.8, 4) is 5.75 Å². The zero-order valence-corrected chi connectivity index (χ0v) is 10.5. The van der Waals surface area contributed by atoms with Gasteiger partial charge in [0.25, 0.3) is 6.43 Å². The molecule has 1 atom stereocenters. The van der Waals surface area contributed by atoms with Gasteiger partial charge in [0, 0.05) is 0 Å². The predicted octanol–water partition coefficient (Wildman–Crippen LogP) is 3.31. The lowest BCUT2D eigenvalue weighted by molar-refractivity contribution is 0.0984. The Morgan fingerprint density at radius 1 is 1.35 bits per heavy atom. The average molecular weight is 243 g/mol. The third-order valence-electron chi connectivity index (χ3n) is 2.64. The summed E-state index contributed by atoms with van der Waals surface area (Å²) in [5, 5.41) is 2.86. The van der Waals surface area contributed by atoms with E-state index in [-0.39, 0.29) is 0 Å². The summed E-state index contributed by atoms with van der Waals surface area (Å²) in [5.74, 6) is 0.720. The Bertz CT molecular complexity index is 355. The van der Waals surface area contributed by atoms with Crippen molar-refractivity contribution in [1.82, 2.24) is 5.32 Å². The summed E-state index contributed by atoms with van der Waals surface area (Å²) in [5.41, 5.74) is 1.47. The minimum absolute atomic E-state index is 0.583. The summed E-state index contributed by atoms with van der Waals surface area (Å²) >= 11 is 0. The van der Waals surface area contributed by atoms with E-state index in [0.717, 1.165) is 17.7 Å². The fourth-order valence-corrected chi connectivity index (χ4v) is 1.75. The number of aryl methyl sites for hydroxylation is 1. The van der Waals surface area contributed by atoms with E-state index in [1.54, 1.807) is 25.3 Å². The third-order valence-corrected chi connectivity index (χ3v) is 2.64. The number of rotatable bonds is 6. The minimum atomic E-state index is -2.41. The van der Waals surface area contributed by atoms with Gasteiger partial charge in [0.1, 0.15) is 5.75 Å². The number of hydrogen-bond acceptors (Lipinski definition) is 2. The highest BCUT2D eigenvalue weighted by atomic mass is 19.3. The molecule has 0 aliphatic carbocycles. The van der Waals surface area contributed by atoms with Crippen LogP contribution < -0.4 is 10.1 Å². The van der Waals surface area contributed by atoms with Crippen molar-refractivity contribution in [2.24, 2.45) is 0 Å². The highest BCUT2D eigenvalue weighted by Crippen LogP contribution is 2.26. The van der Waals surface area contributed by atoms with E-state index in [9.17, 15) is 8.78 Å². The molecule has 0 amide bonds. The zero-order valence-electron chi connectivity index (χ0n) is 10.5. The van der Waals surface area contributed by atoms with Crippen LogP contribution in [0.15, 0.2) is 18.2 Å². The Kier molecular flexibility index (Phi) is 5.35. The fourth-order valence-electron chi connectivity index (χ4n) is 1.75. The van der Waals surface area contributed by atoms with Crippen LogP contribution in [-0.4, -0.2) is 20.1 Å². The van der Waals surface area contributed by atoms with Crippen LogP contribution in [-0.2, 0) is 0 Å². The molecular weight excluding hydrogens is 224 g/mol. The molecule has 0 saturated carbocycles. The van der Waals surface area contributed by atoms with Crippen molar-refractivity contribution >= 4 is 0 Å². The molecule has 1 N–H and O–H groups in total. The zero-order chi connectivity index (χ0) is 12.8. The largest absolute Gasteiger partial charge is 0.496 e. The second-order valence-electron chi connectivity index (χ2n) is 4.00. The van der Waals surface area contributed by atoms with E-state index in [1.807, 2.05) is 13.8 Å². The van der Waals surface area contributed by atoms with Gasteiger partial charge in [0.05, 0.1) is 13.2 Å². The van der Waals surface area contributed by atoms with Crippen LogP contribution in [0.4, 0.5) is 8.78 Å². The van der Waals surface area contributed by atoms with Crippen LogP contribution in [0, 0.1) is 6.92 Å². The Labute approximate surface area is 101 Å². The number of ether oxygens (including phenoxy) is 1. The minimum Gasteiger partial charge on any atom is -0.496 e. The fraction of sp³-hybridized carbons (Fsp3) is 0.538. The first-order valence-corrected chi connectivity index (χ1v) is 5.76. The van der Waals surface area contributed by atoms with E-state index >= 15 is 0 Å². The van der Waals surface area contributed by atoms with Crippen LogP contribution in [0.5, 0.6) is 5.75 Å². The first-order chi connectivity index (χ1) is 8.10.